The van der Waals surface area contributed by atoms with Crippen molar-refractivity contribution >= 4 is 5.69 Å². The minimum absolute atomic E-state index is 0.00713. The lowest BCUT2D eigenvalue weighted by atomic mass is 9.86. The van der Waals surface area contributed by atoms with Crippen LogP contribution in [0.4, 0.5) is 5.69 Å². The van der Waals surface area contributed by atoms with Gasteiger partial charge in [0.25, 0.3) is 0 Å². The van der Waals surface area contributed by atoms with E-state index in [1.807, 2.05) is 25.4 Å². The van der Waals surface area contributed by atoms with Gasteiger partial charge < -0.3 is 10.4 Å². The van der Waals surface area contributed by atoms with Crippen molar-refractivity contribution in [3.05, 3.63) is 47.3 Å². The van der Waals surface area contributed by atoms with Gasteiger partial charge in [0.05, 0.1) is 11.7 Å². The average molecular weight is 285 g/mol. The fourth-order valence-corrected chi connectivity index (χ4v) is 3.04. The Balaban J connectivity index is 1.89. The summed E-state index contributed by atoms with van der Waals surface area (Å²) in [6.45, 7) is 6.38. The zero-order chi connectivity index (χ0) is 15.2. The van der Waals surface area contributed by atoms with Crippen LogP contribution in [0, 0.1) is 0 Å². The van der Waals surface area contributed by atoms with Gasteiger partial charge in [-0.15, -0.1) is 0 Å². The number of para-hydroxylation sites is 1. The number of nitrogens with one attached hydrogen (secondary N) is 1. The fourth-order valence-electron chi connectivity index (χ4n) is 3.04. The zero-order valence-corrected chi connectivity index (χ0v) is 13.1. The lowest BCUT2D eigenvalue weighted by Crippen LogP contribution is -2.27. The van der Waals surface area contributed by atoms with Crippen LogP contribution in [0.3, 0.4) is 0 Å². The van der Waals surface area contributed by atoms with Crippen molar-refractivity contribution in [1.29, 1.82) is 0 Å². The van der Waals surface area contributed by atoms with Gasteiger partial charge in [-0.3, -0.25) is 4.68 Å². The Morgan fingerprint density at radius 1 is 1.33 bits per heavy atom. The summed E-state index contributed by atoms with van der Waals surface area (Å²) in [5.74, 6) is 0. The van der Waals surface area contributed by atoms with Crippen molar-refractivity contribution in [3.8, 4) is 0 Å². The second-order valence-corrected chi connectivity index (χ2v) is 6.91. The first-order valence-corrected chi connectivity index (χ1v) is 7.43. The predicted octanol–water partition coefficient (Wildman–Crippen LogP) is 2.79. The predicted molar refractivity (Wildman–Crippen MR) is 84.4 cm³/mol. The molecule has 0 bridgehead atoms. The van der Waals surface area contributed by atoms with E-state index in [9.17, 15) is 5.11 Å². The molecule has 1 aliphatic rings. The first-order chi connectivity index (χ1) is 9.86. The molecular formula is C17H23N3O. The smallest absolute Gasteiger partial charge is 0.103 e. The summed E-state index contributed by atoms with van der Waals surface area (Å²) in [6, 6.07) is 8.25. The molecule has 112 valence electrons. The molecule has 1 aromatic heterocycles. The topological polar surface area (TPSA) is 50.1 Å². The zero-order valence-electron chi connectivity index (χ0n) is 13.1. The average Bonchev–Trinajstić information content (AvgIpc) is 3.00. The van der Waals surface area contributed by atoms with E-state index >= 15 is 0 Å². The standard InChI is InChI=1S/C17H23N3O/c1-17(2,3)16-12(10-20(4)19-16)15(21)14-9-11-7-5-6-8-13(11)18-14/h5-8,10,14-15,18,21H,9H2,1-4H3. The number of hydrogen-bond acceptors (Lipinski definition) is 3. The van der Waals surface area contributed by atoms with E-state index in [0.717, 1.165) is 23.4 Å². The number of anilines is 1. The SMILES string of the molecule is Cn1cc(C(O)C2Cc3ccccc3N2)c(C(C)(C)C)n1. The van der Waals surface area contributed by atoms with Gasteiger partial charge in [0.2, 0.25) is 0 Å². The maximum Gasteiger partial charge on any atom is 0.103 e. The van der Waals surface area contributed by atoms with Crippen LogP contribution in [-0.4, -0.2) is 20.9 Å². The number of hydrogen-bond donors (Lipinski definition) is 2. The summed E-state index contributed by atoms with van der Waals surface area (Å²) in [5.41, 5.74) is 4.21. The summed E-state index contributed by atoms with van der Waals surface area (Å²) >= 11 is 0. The molecule has 0 radical (unpaired) electrons. The van der Waals surface area contributed by atoms with Crippen molar-refractivity contribution < 1.29 is 5.11 Å². The van der Waals surface area contributed by atoms with E-state index in [0.29, 0.717) is 0 Å². The van der Waals surface area contributed by atoms with Crippen molar-refractivity contribution in [2.24, 2.45) is 7.05 Å². The quantitative estimate of drug-likeness (QED) is 0.892. The molecule has 1 aromatic carbocycles. The van der Waals surface area contributed by atoms with E-state index in [1.165, 1.54) is 5.56 Å². The molecule has 2 N–H and O–H groups in total. The van der Waals surface area contributed by atoms with E-state index in [2.05, 4.69) is 43.3 Å². The van der Waals surface area contributed by atoms with E-state index < -0.39 is 6.10 Å². The van der Waals surface area contributed by atoms with Gasteiger partial charge in [0.15, 0.2) is 0 Å². The molecule has 0 saturated heterocycles. The molecule has 2 unspecified atom stereocenters. The van der Waals surface area contributed by atoms with Crippen molar-refractivity contribution in [2.75, 3.05) is 5.32 Å². The minimum Gasteiger partial charge on any atom is -0.386 e. The molecular weight excluding hydrogens is 262 g/mol. The first-order valence-electron chi connectivity index (χ1n) is 7.43. The summed E-state index contributed by atoms with van der Waals surface area (Å²) < 4.78 is 1.79. The molecule has 21 heavy (non-hydrogen) atoms. The number of nitrogens with zero attached hydrogens (tertiary/aromatic N) is 2. The Labute approximate surface area is 125 Å². The van der Waals surface area contributed by atoms with Crippen LogP contribution in [0.15, 0.2) is 30.5 Å². The van der Waals surface area contributed by atoms with Crippen LogP contribution in [0.1, 0.15) is 43.7 Å². The molecule has 0 aliphatic carbocycles. The minimum atomic E-state index is -0.555. The van der Waals surface area contributed by atoms with Gasteiger partial charge in [-0.2, -0.15) is 5.10 Å². The molecule has 2 heterocycles. The number of aliphatic hydroxyl groups excluding tert-OH is 1. The molecule has 4 heteroatoms. The van der Waals surface area contributed by atoms with Crippen LogP contribution >= 0.6 is 0 Å². The molecule has 2 atom stereocenters. The molecule has 3 rings (SSSR count). The van der Waals surface area contributed by atoms with Crippen LogP contribution in [0.5, 0.6) is 0 Å². The second kappa shape index (κ2) is 4.88. The maximum atomic E-state index is 10.8. The Hall–Kier alpha value is -1.81. The van der Waals surface area contributed by atoms with E-state index in [1.54, 1.807) is 4.68 Å². The molecule has 0 fully saturated rings. The van der Waals surface area contributed by atoms with E-state index in [4.69, 9.17) is 0 Å². The van der Waals surface area contributed by atoms with Gasteiger partial charge in [-0.1, -0.05) is 39.0 Å². The highest BCUT2D eigenvalue weighted by atomic mass is 16.3. The molecule has 4 nitrogen and oxygen atoms in total. The number of rotatable bonds is 2. The monoisotopic (exact) mass is 285 g/mol. The number of aromatic nitrogens is 2. The Morgan fingerprint density at radius 2 is 2.05 bits per heavy atom. The number of aliphatic hydroxyl groups is 1. The van der Waals surface area contributed by atoms with Gasteiger partial charge in [0, 0.05) is 29.9 Å². The number of fused-ring (bicyclic) bond motifs is 1. The highest BCUT2D eigenvalue weighted by Gasteiger charge is 2.33. The molecule has 0 amide bonds. The van der Waals surface area contributed by atoms with Crippen LogP contribution in [0.2, 0.25) is 0 Å². The van der Waals surface area contributed by atoms with Gasteiger partial charge in [-0.25, -0.2) is 0 Å². The summed E-state index contributed by atoms with van der Waals surface area (Å²) in [4.78, 5) is 0. The summed E-state index contributed by atoms with van der Waals surface area (Å²) in [7, 11) is 1.91. The van der Waals surface area contributed by atoms with Crippen molar-refractivity contribution in [1.82, 2.24) is 9.78 Å². The largest absolute Gasteiger partial charge is 0.386 e. The Bertz CT molecular complexity index is 629. The van der Waals surface area contributed by atoms with Crippen LogP contribution in [-0.2, 0) is 18.9 Å². The third-order valence-corrected chi connectivity index (χ3v) is 4.07. The van der Waals surface area contributed by atoms with Gasteiger partial charge in [-0.05, 0) is 18.1 Å². The Kier molecular flexibility index (Phi) is 3.29. The summed E-state index contributed by atoms with van der Waals surface area (Å²) in [5, 5.41) is 18.8. The number of aryl methyl sites for hydroxylation is 1. The molecule has 1 aliphatic heterocycles. The van der Waals surface area contributed by atoms with Gasteiger partial charge in [0.1, 0.15) is 6.10 Å². The number of benzene rings is 1. The molecule has 0 saturated carbocycles. The highest BCUT2D eigenvalue weighted by Crippen LogP contribution is 2.35. The normalized spacial score (nSPS) is 19.2. The lowest BCUT2D eigenvalue weighted by Gasteiger charge is -2.23. The third kappa shape index (κ3) is 2.56. The van der Waals surface area contributed by atoms with Crippen molar-refractivity contribution in [3.63, 3.8) is 0 Å². The second-order valence-electron chi connectivity index (χ2n) is 6.91. The first kappa shape index (κ1) is 14.1. The summed E-state index contributed by atoms with van der Waals surface area (Å²) in [6.07, 6.45) is 2.23. The fraction of sp³-hybridized carbons (Fsp3) is 0.471. The van der Waals surface area contributed by atoms with Crippen LogP contribution in [0.25, 0.3) is 0 Å². The molecule has 2 aromatic rings. The maximum absolute atomic E-state index is 10.8. The Morgan fingerprint density at radius 3 is 2.71 bits per heavy atom. The van der Waals surface area contributed by atoms with Crippen molar-refractivity contribution in [2.45, 2.75) is 44.8 Å². The lowest BCUT2D eigenvalue weighted by molar-refractivity contribution is 0.154. The molecule has 0 spiro atoms. The van der Waals surface area contributed by atoms with E-state index in [-0.39, 0.29) is 11.5 Å². The third-order valence-electron chi connectivity index (χ3n) is 4.07. The highest BCUT2D eigenvalue weighted by molar-refractivity contribution is 5.57. The van der Waals surface area contributed by atoms with Gasteiger partial charge >= 0.3 is 0 Å². The van der Waals surface area contributed by atoms with Crippen LogP contribution < -0.4 is 5.32 Å².